The number of hydrogen-bond donors (Lipinski definition) is 0. The zero-order valence-electron chi connectivity index (χ0n) is 11.0. The Morgan fingerprint density at radius 2 is 1.78 bits per heavy atom. The summed E-state index contributed by atoms with van der Waals surface area (Å²) in [6.45, 7) is 8.46. The van der Waals surface area contributed by atoms with E-state index in [0.29, 0.717) is 0 Å². The van der Waals surface area contributed by atoms with Crippen molar-refractivity contribution in [3.8, 4) is 0 Å². The van der Waals surface area contributed by atoms with E-state index in [1.165, 1.54) is 31.5 Å². The molecule has 0 spiro atoms. The molecule has 3 rings (SSSR count). The molecule has 0 aliphatic carbocycles. The largest absolute Gasteiger partial charge is 0.297 e. The number of fused-ring (bicyclic) bond motifs is 2. The van der Waals surface area contributed by atoms with Gasteiger partial charge >= 0.3 is 0 Å². The van der Waals surface area contributed by atoms with Gasteiger partial charge in [-0.25, -0.2) is 0 Å². The Balaban J connectivity index is 1.67. The topological polar surface area (TPSA) is 6.48 Å². The first-order valence-corrected chi connectivity index (χ1v) is 7.00. The summed E-state index contributed by atoms with van der Waals surface area (Å²) >= 11 is 0. The summed E-state index contributed by atoms with van der Waals surface area (Å²) in [6.07, 6.45) is 4.77. The van der Waals surface area contributed by atoms with Crippen LogP contribution in [-0.4, -0.2) is 41.5 Å². The molecule has 2 heteroatoms. The highest BCUT2D eigenvalue weighted by Crippen LogP contribution is 2.31. The molecule has 1 aromatic carbocycles. The number of piperazine rings is 1. The maximum absolute atomic E-state index is 3.86. The summed E-state index contributed by atoms with van der Waals surface area (Å²) in [5.41, 5.74) is 1.45. The summed E-state index contributed by atoms with van der Waals surface area (Å²) in [6, 6.07) is 12.4. The third-order valence-corrected chi connectivity index (χ3v) is 4.30. The molecule has 0 saturated carbocycles. The van der Waals surface area contributed by atoms with Gasteiger partial charge in [0.05, 0.1) is 0 Å². The Bertz CT molecular complexity index is 387. The van der Waals surface area contributed by atoms with Gasteiger partial charge in [0.15, 0.2) is 0 Å². The van der Waals surface area contributed by atoms with Gasteiger partial charge in [-0.3, -0.25) is 9.80 Å². The average molecular weight is 242 g/mol. The lowest BCUT2D eigenvalue weighted by Crippen LogP contribution is -2.53. The third-order valence-electron chi connectivity index (χ3n) is 4.30. The van der Waals surface area contributed by atoms with Crippen LogP contribution in [0.1, 0.15) is 18.4 Å². The van der Waals surface area contributed by atoms with Crippen molar-refractivity contribution in [2.75, 3.05) is 19.6 Å². The standard InChI is InChI=1S/C16H22N2/c1-2-10-17-12-15-8-9-16(13-17)18(15)11-14-6-4-3-5-7-14/h2-7,15-16H,1,8-13H2/t15-,16-/m0/s1. The molecule has 2 bridgehead atoms. The smallest absolute Gasteiger partial charge is 0.0240 e. The van der Waals surface area contributed by atoms with Crippen molar-refractivity contribution in [3.63, 3.8) is 0 Å². The predicted octanol–water partition coefficient (Wildman–Crippen LogP) is 2.52. The molecule has 2 aliphatic rings. The maximum atomic E-state index is 3.86. The van der Waals surface area contributed by atoms with Crippen LogP contribution in [0.25, 0.3) is 0 Å². The van der Waals surface area contributed by atoms with Gasteiger partial charge in [0.25, 0.3) is 0 Å². The van der Waals surface area contributed by atoms with E-state index in [4.69, 9.17) is 0 Å². The van der Waals surface area contributed by atoms with Crippen molar-refractivity contribution in [3.05, 3.63) is 48.6 Å². The van der Waals surface area contributed by atoms with E-state index in [2.05, 4.69) is 46.7 Å². The highest BCUT2D eigenvalue weighted by Gasteiger charge is 2.39. The second-order valence-electron chi connectivity index (χ2n) is 5.55. The fourth-order valence-corrected chi connectivity index (χ4v) is 3.46. The molecule has 96 valence electrons. The number of likely N-dealkylation sites (tertiary alicyclic amines) is 1. The van der Waals surface area contributed by atoms with E-state index in [0.717, 1.165) is 25.2 Å². The van der Waals surface area contributed by atoms with Gasteiger partial charge in [0, 0.05) is 38.3 Å². The minimum atomic E-state index is 0.754. The van der Waals surface area contributed by atoms with Gasteiger partial charge in [-0.1, -0.05) is 36.4 Å². The Morgan fingerprint density at radius 1 is 1.11 bits per heavy atom. The van der Waals surface area contributed by atoms with Crippen LogP contribution in [0.15, 0.2) is 43.0 Å². The second-order valence-corrected chi connectivity index (χ2v) is 5.55. The van der Waals surface area contributed by atoms with Gasteiger partial charge in [0.1, 0.15) is 0 Å². The quantitative estimate of drug-likeness (QED) is 0.749. The highest BCUT2D eigenvalue weighted by molar-refractivity contribution is 5.15. The number of rotatable bonds is 4. The fourth-order valence-electron chi connectivity index (χ4n) is 3.46. The minimum absolute atomic E-state index is 0.754. The molecule has 0 aromatic heterocycles. The fraction of sp³-hybridized carbons (Fsp3) is 0.500. The summed E-state index contributed by atoms with van der Waals surface area (Å²) in [5, 5.41) is 0. The van der Waals surface area contributed by atoms with E-state index < -0.39 is 0 Å². The molecule has 0 unspecified atom stereocenters. The van der Waals surface area contributed by atoms with Crippen molar-refractivity contribution >= 4 is 0 Å². The first-order valence-electron chi connectivity index (χ1n) is 7.00. The Morgan fingerprint density at radius 3 is 2.39 bits per heavy atom. The predicted molar refractivity (Wildman–Crippen MR) is 75.4 cm³/mol. The first-order chi connectivity index (χ1) is 8.86. The zero-order valence-corrected chi connectivity index (χ0v) is 11.0. The molecule has 2 saturated heterocycles. The maximum Gasteiger partial charge on any atom is 0.0240 e. The van der Waals surface area contributed by atoms with Crippen LogP contribution in [0, 0.1) is 0 Å². The van der Waals surface area contributed by atoms with Gasteiger partial charge < -0.3 is 0 Å². The van der Waals surface area contributed by atoms with Crippen LogP contribution in [0.4, 0.5) is 0 Å². The average Bonchev–Trinajstić information content (AvgIpc) is 2.63. The van der Waals surface area contributed by atoms with Crippen LogP contribution >= 0.6 is 0 Å². The minimum Gasteiger partial charge on any atom is -0.297 e. The van der Waals surface area contributed by atoms with Crippen molar-refractivity contribution < 1.29 is 0 Å². The van der Waals surface area contributed by atoms with Crippen LogP contribution in [-0.2, 0) is 6.54 Å². The van der Waals surface area contributed by atoms with Gasteiger partial charge in [0.2, 0.25) is 0 Å². The Kier molecular flexibility index (Phi) is 3.48. The Hall–Kier alpha value is -1.12. The molecule has 18 heavy (non-hydrogen) atoms. The lowest BCUT2D eigenvalue weighted by molar-refractivity contribution is 0.0678. The Labute approximate surface area is 110 Å². The first kappa shape index (κ1) is 11.9. The van der Waals surface area contributed by atoms with Crippen molar-refractivity contribution in [2.24, 2.45) is 0 Å². The second kappa shape index (κ2) is 5.25. The summed E-state index contributed by atoms with van der Waals surface area (Å²) in [4.78, 5) is 5.27. The zero-order chi connectivity index (χ0) is 12.4. The molecule has 2 heterocycles. The molecule has 2 fully saturated rings. The van der Waals surface area contributed by atoms with Crippen molar-refractivity contribution in [1.82, 2.24) is 9.80 Å². The van der Waals surface area contributed by atoms with E-state index in [9.17, 15) is 0 Å². The van der Waals surface area contributed by atoms with E-state index in [1.807, 2.05) is 6.08 Å². The van der Waals surface area contributed by atoms with Crippen LogP contribution in [0.2, 0.25) is 0 Å². The molecule has 0 amide bonds. The molecule has 2 atom stereocenters. The van der Waals surface area contributed by atoms with Gasteiger partial charge in [-0.15, -0.1) is 6.58 Å². The summed E-state index contributed by atoms with van der Waals surface area (Å²) in [5.74, 6) is 0. The lowest BCUT2D eigenvalue weighted by atomic mass is 10.1. The monoisotopic (exact) mass is 242 g/mol. The third kappa shape index (κ3) is 2.36. The molecule has 0 N–H and O–H groups in total. The van der Waals surface area contributed by atoms with Crippen LogP contribution < -0.4 is 0 Å². The molecular formula is C16H22N2. The van der Waals surface area contributed by atoms with Crippen molar-refractivity contribution in [1.29, 1.82) is 0 Å². The number of nitrogens with zero attached hydrogens (tertiary/aromatic N) is 2. The van der Waals surface area contributed by atoms with E-state index >= 15 is 0 Å². The van der Waals surface area contributed by atoms with E-state index in [1.54, 1.807) is 0 Å². The number of benzene rings is 1. The summed E-state index contributed by atoms with van der Waals surface area (Å²) < 4.78 is 0. The molecule has 2 aliphatic heterocycles. The van der Waals surface area contributed by atoms with Crippen molar-refractivity contribution in [2.45, 2.75) is 31.5 Å². The van der Waals surface area contributed by atoms with E-state index in [-0.39, 0.29) is 0 Å². The van der Waals surface area contributed by atoms with Crippen LogP contribution in [0.3, 0.4) is 0 Å². The summed E-state index contributed by atoms with van der Waals surface area (Å²) in [7, 11) is 0. The SMILES string of the molecule is C=CCN1C[C@@H]2CC[C@@H](C1)N2Cc1ccccc1. The van der Waals surface area contributed by atoms with Crippen LogP contribution in [0.5, 0.6) is 0 Å². The molecule has 0 radical (unpaired) electrons. The molecule has 1 aromatic rings. The molecular weight excluding hydrogens is 220 g/mol. The number of hydrogen-bond acceptors (Lipinski definition) is 2. The normalized spacial score (nSPS) is 28.4. The van der Waals surface area contributed by atoms with Gasteiger partial charge in [-0.2, -0.15) is 0 Å². The van der Waals surface area contributed by atoms with Gasteiger partial charge in [-0.05, 0) is 18.4 Å². The molecule has 2 nitrogen and oxygen atoms in total. The highest BCUT2D eigenvalue weighted by atomic mass is 15.3. The lowest BCUT2D eigenvalue weighted by Gasteiger charge is -2.40.